The van der Waals surface area contributed by atoms with Gasteiger partial charge in [-0.3, -0.25) is 4.90 Å². The fourth-order valence-corrected chi connectivity index (χ4v) is 5.66. The smallest absolute Gasteiger partial charge is 0.415 e. The molecule has 1 N–H and O–H groups in total. The van der Waals surface area contributed by atoms with Crippen molar-refractivity contribution in [3.8, 4) is 5.75 Å². The highest BCUT2D eigenvalue weighted by Gasteiger charge is 2.39. The molecular weight excluding hydrogens is 420 g/mol. The van der Waals surface area contributed by atoms with Gasteiger partial charge in [-0.2, -0.15) is 4.31 Å². The Labute approximate surface area is 179 Å². The van der Waals surface area contributed by atoms with Crippen molar-refractivity contribution < 1.29 is 22.7 Å². The number of hydrogen-bond acceptors (Lipinski definition) is 6. The average Bonchev–Trinajstić information content (AvgIpc) is 3.24. The zero-order chi connectivity index (χ0) is 21.6. The number of para-hydroxylation sites is 3. The van der Waals surface area contributed by atoms with Crippen molar-refractivity contribution in [2.75, 3.05) is 25.1 Å². The highest BCUT2D eigenvalue weighted by Crippen LogP contribution is 2.39. The van der Waals surface area contributed by atoms with E-state index < -0.39 is 16.1 Å². The largest absolute Gasteiger partial charge is 0.495 e. The third-order valence-electron chi connectivity index (χ3n) is 5.83. The van der Waals surface area contributed by atoms with Crippen LogP contribution in [-0.4, -0.2) is 55.0 Å². The summed E-state index contributed by atoms with van der Waals surface area (Å²) in [5, 5.41) is -0.0588. The minimum absolute atomic E-state index is 0.0588. The highest BCUT2D eigenvalue weighted by molar-refractivity contribution is 7.89. The van der Waals surface area contributed by atoms with Crippen LogP contribution in [0, 0.1) is 0 Å². The van der Waals surface area contributed by atoms with Gasteiger partial charge in [-0.1, -0.05) is 24.3 Å². The molecule has 2 aromatic carbocycles. The minimum atomic E-state index is -3.76. The number of piperidine rings is 1. The highest BCUT2D eigenvalue weighted by atomic mass is 32.2. The lowest BCUT2D eigenvalue weighted by Crippen LogP contribution is -2.50. The number of hydrogen-bond donors (Lipinski definition) is 1. The Hall–Kier alpha value is -3.11. The number of methoxy groups -OCH3 is 1. The molecular formula is C21H22N4O5S. The van der Waals surface area contributed by atoms with Crippen LogP contribution in [0.4, 0.5) is 10.5 Å². The summed E-state index contributed by atoms with van der Waals surface area (Å²) in [4.78, 5) is 21.4. The van der Waals surface area contributed by atoms with Crippen LogP contribution in [-0.2, 0) is 21.4 Å². The van der Waals surface area contributed by atoms with E-state index in [2.05, 4.69) is 9.97 Å². The summed E-state index contributed by atoms with van der Waals surface area (Å²) >= 11 is 0. The first-order valence-electron chi connectivity index (χ1n) is 10.1. The molecule has 1 aromatic heterocycles. The number of benzene rings is 2. The molecule has 0 saturated carbocycles. The summed E-state index contributed by atoms with van der Waals surface area (Å²) in [6.45, 7) is 0.748. The summed E-state index contributed by atoms with van der Waals surface area (Å²) in [6, 6.07) is 12.6. The quantitative estimate of drug-likeness (QED) is 0.666. The molecule has 1 fully saturated rings. The number of rotatable bonds is 4. The van der Waals surface area contributed by atoms with E-state index in [1.807, 2.05) is 30.3 Å². The van der Waals surface area contributed by atoms with Crippen molar-refractivity contribution in [3.63, 3.8) is 0 Å². The van der Waals surface area contributed by atoms with Crippen molar-refractivity contribution in [2.45, 2.75) is 30.6 Å². The van der Waals surface area contributed by atoms with Crippen LogP contribution >= 0.6 is 0 Å². The number of ether oxygens (including phenoxy) is 2. The van der Waals surface area contributed by atoms with Crippen molar-refractivity contribution in [3.05, 3.63) is 48.0 Å². The predicted molar refractivity (Wildman–Crippen MR) is 114 cm³/mol. The van der Waals surface area contributed by atoms with E-state index in [-0.39, 0.29) is 30.9 Å². The Bertz CT molecular complexity index is 1200. The number of imidazole rings is 1. The number of sulfonamides is 1. The Kier molecular flexibility index (Phi) is 4.82. The topological polar surface area (TPSA) is 105 Å². The van der Waals surface area contributed by atoms with Gasteiger partial charge in [0.2, 0.25) is 5.16 Å². The Morgan fingerprint density at radius 3 is 2.65 bits per heavy atom. The average molecular weight is 442 g/mol. The van der Waals surface area contributed by atoms with Crippen molar-refractivity contribution in [1.29, 1.82) is 0 Å². The zero-order valence-corrected chi connectivity index (χ0v) is 17.8. The van der Waals surface area contributed by atoms with Crippen LogP contribution in [0.3, 0.4) is 0 Å². The number of aromatic amines is 1. The molecule has 1 saturated heterocycles. The summed E-state index contributed by atoms with van der Waals surface area (Å²) in [7, 11) is -2.19. The summed E-state index contributed by atoms with van der Waals surface area (Å²) in [5.41, 5.74) is 2.86. The predicted octanol–water partition coefficient (Wildman–Crippen LogP) is 2.88. The standard InChI is InChI=1S/C21H22N4O5S/c1-29-18-8-4-5-14-13-30-21(26)25(19(14)18)15-9-11-24(12-10-15)31(27,28)20-22-16-6-2-3-7-17(16)23-20/h2-8,15H,9-13H2,1H3,(H,22,23). The Morgan fingerprint density at radius 2 is 1.90 bits per heavy atom. The normalized spacial score (nSPS) is 18.1. The van der Waals surface area contributed by atoms with Gasteiger partial charge in [-0.15, -0.1) is 0 Å². The molecule has 0 atom stereocenters. The number of nitrogens with one attached hydrogen (secondary N) is 1. The van der Waals surface area contributed by atoms with Crippen molar-refractivity contribution in [1.82, 2.24) is 14.3 Å². The van der Waals surface area contributed by atoms with Gasteiger partial charge in [0.25, 0.3) is 10.0 Å². The van der Waals surface area contributed by atoms with Gasteiger partial charge in [-0.05, 0) is 31.0 Å². The lowest BCUT2D eigenvalue weighted by Gasteiger charge is -2.40. The van der Waals surface area contributed by atoms with E-state index in [0.717, 1.165) is 5.56 Å². The lowest BCUT2D eigenvalue weighted by atomic mass is 10.0. The molecule has 0 unspecified atom stereocenters. The van der Waals surface area contributed by atoms with Crippen molar-refractivity contribution in [2.24, 2.45) is 0 Å². The second-order valence-corrected chi connectivity index (χ2v) is 9.44. The lowest BCUT2D eigenvalue weighted by molar-refractivity contribution is 0.135. The van der Waals surface area contributed by atoms with Gasteiger partial charge in [0.05, 0.1) is 23.8 Å². The fraction of sp³-hybridized carbons (Fsp3) is 0.333. The van der Waals surface area contributed by atoms with Crippen LogP contribution in [0.1, 0.15) is 18.4 Å². The molecule has 9 nitrogen and oxygen atoms in total. The molecule has 0 spiro atoms. The molecule has 1 amide bonds. The molecule has 162 valence electrons. The molecule has 0 aliphatic carbocycles. The molecule has 2 aliphatic heterocycles. The van der Waals surface area contributed by atoms with Gasteiger partial charge < -0.3 is 14.5 Å². The summed E-state index contributed by atoms with van der Waals surface area (Å²) in [6.07, 6.45) is 0.522. The van der Waals surface area contributed by atoms with E-state index in [1.54, 1.807) is 24.1 Å². The first kappa shape index (κ1) is 19.8. The SMILES string of the molecule is COc1cccc2c1N(C1CCN(S(=O)(=O)c3nc4ccccc4[nH]3)CC1)C(=O)OC2. The number of H-pyrrole nitrogens is 1. The van der Waals surface area contributed by atoms with Crippen LogP contribution < -0.4 is 9.64 Å². The van der Waals surface area contributed by atoms with Gasteiger partial charge >= 0.3 is 6.09 Å². The van der Waals surface area contributed by atoms with Gasteiger partial charge in [0.15, 0.2) is 0 Å². The van der Waals surface area contributed by atoms with Gasteiger partial charge in [0.1, 0.15) is 12.4 Å². The molecule has 31 heavy (non-hydrogen) atoms. The van der Waals surface area contributed by atoms with E-state index in [4.69, 9.17) is 9.47 Å². The van der Waals surface area contributed by atoms with Crippen LogP contribution in [0.15, 0.2) is 47.6 Å². The maximum atomic E-state index is 13.1. The molecule has 3 heterocycles. The number of amides is 1. The number of carbonyl (C=O) groups excluding carboxylic acids is 1. The molecule has 10 heteroatoms. The van der Waals surface area contributed by atoms with E-state index in [1.165, 1.54) is 4.31 Å². The van der Waals surface area contributed by atoms with E-state index >= 15 is 0 Å². The number of cyclic esters (lactones) is 1. The fourth-order valence-electron chi connectivity index (χ4n) is 4.27. The second-order valence-electron chi connectivity index (χ2n) is 7.59. The molecule has 2 aliphatic rings. The maximum absolute atomic E-state index is 13.1. The summed E-state index contributed by atoms with van der Waals surface area (Å²) in [5.74, 6) is 0.603. The minimum Gasteiger partial charge on any atom is -0.495 e. The molecule has 0 bridgehead atoms. The third kappa shape index (κ3) is 3.31. The second kappa shape index (κ2) is 7.54. The Morgan fingerprint density at radius 1 is 1.13 bits per heavy atom. The van der Waals surface area contributed by atoms with Crippen LogP contribution in [0.2, 0.25) is 0 Å². The summed E-state index contributed by atoms with van der Waals surface area (Å²) < 4.78 is 38.5. The van der Waals surface area contributed by atoms with Crippen LogP contribution in [0.5, 0.6) is 5.75 Å². The Balaban J connectivity index is 1.38. The number of aromatic nitrogens is 2. The first-order valence-corrected chi connectivity index (χ1v) is 11.5. The van der Waals surface area contributed by atoms with E-state index in [9.17, 15) is 13.2 Å². The molecule has 3 aromatic rings. The first-order chi connectivity index (χ1) is 15.0. The number of anilines is 1. The molecule has 0 radical (unpaired) electrons. The number of nitrogens with zero attached hydrogens (tertiary/aromatic N) is 3. The molecule has 5 rings (SSSR count). The number of fused-ring (bicyclic) bond motifs is 2. The van der Waals surface area contributed by atoms with Gasteiger partial charge in [-0.25, -0.2) is 18.2 Å². The van der Waals surface area contributed by atoms with Crippen LogP contribution in [0.25, 0.3) is 11.0 Å². The van der Waals surface area contributed by atoms with Crippen molar-refractivity contribution >= 4 is 32.8 Å². The third-order valence-corrected chi connectivity index (χ3v) is 7.56. The van der Waals surface area contributed by atoms with Gasteiger partial charge in [0, 0.05) is 24.7 Å². The number of carbonyl (C=O) groups is 1. The zero-order valence-electron chi connectivity index (χ0n) is 16.9. The monoisotopic (exact) mass is 442 g/mol. The van der Waals surface area contributed by atoms with E-state index in [0.29, 0.717) is 35.3 Å². The maximum Gasteiger partial charge on any atom is 0.415 e.